The molecule has 1 unspecified atom stereocenters. The lowest BCUT2D eigenvalue weighted by Crippen LogP contribution is -2.45. The molecule has 1 aromatic heterocycles. The fourth-order valence-electron chi connectivity index (χ4n) is 4.62. The average Bonchev–Trinajstić information content (AvgIpc) is 3.20. The zero-order valence-corrected chi connectivity index (χ0v) is 21.4. The molecule has 1 fully saturated rings. The van der Waals surface area contributed by atoms with Crippen LogP contribution in [0.1, 0.15) is 37.3 Å². The Kier molecular flexibility index (Phi) is 6.62. The molecule has 1 saturated heterocycles. The van der Waals surface area contributed by atoms with E-state index in [-0.39, 0.29) is 17.9 Å². The number of hydrogen-bond donors (Lipinski definition) is 0. The first-order valence-electron chi connectivity index (χ1n) is 12.1. The maximum absolute atomic E-state index is 14.0. The molecule has 37 heavy (non-hydrogen) atoms. The van der Waals surface area contributed by atoms with Crippen LogP contribution in [0, 0.1) is 0 Å². The van der Waals surface area contributed by atoms with E-state index in [2.05, 4.69) is 18.8 Å². The largest absolute Gasteiger partial charge is 0.274 e. The van der Waals surface area contributed by atoms with Crippen LogP contribution in [0.2, 0.25) is 0 Å². The summed E-state index contributed by atoms with van der Waals surface area (Å²) in [5.74, 6) is -0.693. The van der Waals surface area contributed by atoms with Gasteiger partial charge in [0.1, 0.15) is 6.04 Å². The van der Waals surface area contributed by atoms with Crippen LogP contribution in [0.5, 0.6) is 0 Å². The smallest absolute Gasteiger partial charge is 0.252 e. The number of benzene rings is 3. The number of amides is 2. The van der Waals surface area contributed by atoms with Gasteiger partial charge in [-0.3, -0.25) is 14.6 Å². The normalized spacial score (nSPS) is 16.3. The summed E-state index contributed by atoms with van der Waals surface area (Å²) in [6.45, 7) is 4.03. The summed E-state index contributed by atoms with van der Waals surface area (Å²) >= 11 is 0. The van der Waals surface area contributed by atoms with E-state index in [0.29, 0.717) is 17.2 Å². The van der Waals surface area contributed by atoms with Crippen molar-refractivity contribution < 1.29 is 18.0 Å². The number of nitrogens with zero attached hydrogens (tertiary/aromatic N) is 3. The fraction of sp³-hybridized carbons (Fsp3) is 0.207. The van der Waals surface area contributed by atoms with Gasteiger partial charge in [-0.05, 0) is 58.1 Å². The summed E-state index contributed by atoms with van der Waals surface area (Å²) < 4.78 is 29.1. The maximum Gasteiger partial charge on any atom is 0.252 e. The monoisotopic (exact) mass is 513 g/mol. The number of pyridine rings is 1. The molecule has 1 aliphatic rings. The molecule has 188 valence electrons. The van der Waals surface area contributed by atoms with Gasteiger partial charge in [-0.25, -0.2) is 13.3 Å². The number of carbonyl (C=O) groups is 2. The number of anilines is 1. The van der Waals surface area contributed by atoms with Gasteiger partial charge in [-0.15, -0.1) is 0 Å². The quantitative estimate of drug-likeness (QED) is 0.329. The second-order valence-corrected chi connectivity index (χ2v) is 11.3. The number of sulfonamides is 1. The molecule has 0 saturated carbocycles. The minimum atomic E-state index is -4.15. The van der Waals surface area contributed by atoms with E-state index in [4.69, 9.17) is 0 Å². The summed E-state index contributed by atoms with van der Waals surface area (Å²) in [4.78, 5) is 32.0. The van der Waals surface area contributed by atoms with E-state index >= 15 is 0 Å². The third-order valence-corrected chi connectivity index (χ3v) is 8.53. The zero-order valence-electron chi connectivity index (χ0n) is 20.6. The van der Waals surface area contributed by atoms with Crippen LogP contribution in [0.25, 0.3) is 10.8 Å². The van der Waals surface area contributed by atoms with Crippen LogP contribution in [-0.2, 0) is 26.2 Å². The molecule has 1 atom stereocenters. The molecule has 0 N–H and O–H groups in total. The van der Waals surface area contributed by atoms with Gasteiger partial charge in [-0.1, -0.05) is 62.4 Å². The Morgan fingerprint density at radius 2 is 1.68 bits per heavy atom. The Bertz CT molecular complexity index is 1570. The Morgan fingerprint density at radius 3 is 2.35 bits per heavy atom. The highest BCUT2D eigenvalue weighted by Gasteiger charge is 2.47. The minimum Gasteiger partial charge on any atom is -0.274 e. The summed E-state index contributed by atoms with van der Waals surface area (Å²) in [6.07, 6.45) is 2.92. The summed E-state index contributed by atoms with van der Waals surface area (Å²) in [5.41, 5.74) is 2.13. The van der Waals surface area contributed by atoms with Crippen molar-refractivity contribution in [3.63, 3.8) is 0 Å². The van der Waals surface area contributed by atoms with Crippen molar-refractivity contribution in [3.05, 3.63) is 102 Å². The number of imide groups is 1. The molecule has 8 heteroatoms. The van der Waals surface area contributed by atoms with Crippen molar-refractivity contribution in [2.75, 3.05) is 4.90 Å². The van der Waals surface area contributed by atoms with Crippen LogP contribution in [0.15, 0.2) is 96.2 Å². The van der Waals surface area contributed by atoms with Crippen LogP contribution in [-0.4, -0.2) is 35.6 Å². The summed E-state index contributed by atoms with van der Waals surface area (Å²) in [5, 5.41) is 1.67. The van der Waals surface area contributed by atoms with Gasteiger partial charge >= 0.3 is 0 Å². The van der Waals surface area contributed by atoms with Crippen molar-refractivity contribution in [3.8, 4) is 0 Å². The zero-order chi connectivity index (χ0) is 26.2. The molecular weight excluding hydrogens is 486 g/mol. The second kappa shape index (κ2) is 9.88. The molecule has 0 bridgehead atoms. The molecule has 2 heterocycles. The van der Waals surface area contributed by atoms with Crippen molar-refractivity contribution in [2.24, 2.45) is 0 Å². The van der Waals surface area contributed by atoms with Gasteiger partial charge in [0.15, 0.2) is 0 Å². The standard InChI is InChI=1S/C29H27N3O4S/c1-20(2)22-9-12-25(13-10-22)32-28(33)17-27(29(32)34)31(19-21-6-5-15-30-18-21)37(35,36)26-14-11-23-7-3-4-8-24(23)16-26/h3-16,18,20,27H,17,19H2,1-2H3. The highest BCUT2D eigenvalue weighted by molar-refractivity contribution is 7.89. The second-order valence-electron chi connectivity index (χ2n) is 9.45. The molecule has 5 rings (SSSR count). The van der Waals surface area contributed by atoms with Crippen molar-refractivity contribution >= 4 is 38.3 Å². The van der Waals surface area contributed by atoms with E-state index in [1.807, 2.05) is 36.4 Å². The van der Waals surface area contributed by atoms with E-state index in [1.165, 1.54) is 6.07 Å². The van der Waals surface area contributed by atoms with E-state index < -0.39 is 27.9 Å². The first-order valence-corrected chi connectivity index (χ1v) is 13.6. The third kappa shape index (κ3) is 4.77. The SMILES string of the molecule is CC(C)c1ccc(N2C(=O)CC(N(Cc3cccnc3)S(=O)(=O)c3ccc4ccccc4c3)C2=O)cc1. The predicted molar refractivity (Wildman–Crippen MR) is 142 cm³/mol. The Hall–Kier alpha value is -3.88. The van der Waals surface area contributed by atoms with E-state index in [0.717, 1.165) is 25.5 Å². The number of hydrogen-bond acceptors (Lipinski definition) is 5. The molecule has 3 aromatic carbocycles. The first-order chi connectivity index (χ1) is 17.8. The highest BCUT2D eigenvalue weighted by atomic mass is 32.2. The number of rotatable bonds is 7. The Morgan fingerprint density at radius 1 is 0.946 bits per heavy atom. The minimum absolute atomic E-state index is 0.0649. The van der Waals surface area contributed by atoms with E-state index in [1.54, 1.807) is 48.8 Å². The molecule has 0 radical (unpaired) electrons. The van der Waals surface area contributed by atoms with Gasteiger partial charge in [0.05, 0.1) is 17.0 Å². The number of aromatic nitrogens is 1. The molecule has 1 aliphatic heterocycles. The number of carbonyl (C=O) groups excluding carboxylic acids is 2. The Labute approximate surface area is 216 Å². The van der Waals surface area contributed by atoms with Gasteiger partial charge in [0.2, 0.25) is 15.9 Å². The lowest BCUT2D eigenvalue weighted by atomic mass is 10.0. The first kappa shape index (κ1) is 24.8. The average molecular weight is 514 g/mol. The maximum atomic E-state index is 14.0. The van der Waals surface area contributed by atoms with Crippen molar-refractivity contribution in [1.82, 2.24) is 9.29 Å². The topological polar surface area (TPSA) is 87.7 Å². The summed E-state index contributed by atoms with van der Waals surface area (Å²) in [6, 6.07) is 21.9. The predicted octanol–water partition coefficient (Wildman–Crippen LogP) is 4.88. The van der Waals surface area contributed by atoms with E-state index in [9.17, 15) is 18.0 Å². The van der Waals surface area contributed by atoms with Crippen molar-refractivity contribution in [1.29, 1.82) is 0 Å². The third-order valence-electron chi connectivity index (χ3n) is 6.68. The highest BCUT2D eigenvalue weighted by Crippen LogP contribution is 2.32. The molecule has 0 aliphatic carbocycles. The molecule has 2 amide bonds. The van der Waals surface area contributed by atoms with Crippen LogP contribution in [0.4, 0.5) is 5.69 Å². The summed E-state index contributed by atoms with van der Waals surface area (Å²) in [7, 11) is -4.15. The lowest BCUT2D eigenvalue weighted by molar-refractivity contribution is -0.122. The molecule has 7 nitrogen and oxygen atoms in total. The van der Waals surface area contributed by atoms with Crippen molar-refractivity contribution in [2.45, 2.75) is 43.7 Å². The van der Waals surface area contributed by atoms with Gasteiger partial charge in [0, 0.05) is 18.9 Å². The molecule has 4 aromatic rings. The van der Waals surface area contributed by atoms with Crippen LogP contribution < -0.4 is 4.90 Å². The molecule has 0 spiro atoms. The Balaban J connectivity index is 1.54. The lowest BCUT2D eigenvalue weighted by Gasteiger charge is -2.27. The van der Waals surface area contributed by atoms with Gasteiger partial charge in [-0.2, -0.15) is 4.31 Å². The number of fused-ring (bicyclic) bond motifs is 1. The fourth-order valence-corrected chi connectivity index (χ4v) is 6.22. The van der Waals surface area contributed by atoms with Crippen LogP contribution in [0.3, 0.4) is 0 Å². The molecular formula is C29H27N3O4S. The van der Waals surface area contributed by atoms with Gasteiger partial charge in [0.25, 0.3) is 5.91 Å². The van der Waals surface area contributed by atoms with Gasteiger partial charge < -0.3 is 0 Å². The van der Waals surface area contributed by atoms with Crippen LogP contribution >= 0.6 is 0 Å².